The normalized spacial score (nSPS) is 21.2. The molecule has 0 saturated carbocycles. The maximum absolute atomic E-state index is 14.0. The van der Waals surface area contributed by atoms with Gasteiger partial charge in [-0.25, -0.2) is 0 Å². The van der Waals surface area contributed by atoms with Crippen molar-refractivity contribution in [3.05, 3.63) is 124 Å². The number of aliphatic hydroxyl groups excluding tert-OH is 1. The summed E-state index contributed by atoms with van der Waals surface area (Å²) in [4.78, 5) is 93.1. The van der Waals surface area contributed by atoms with Crippen molar-refractivity contribution in [3.8, 4) is 11.5 Å². The molecule has 0 fully saturated rings. The minimum atomic E-state index is -1.82. The minimum Gasteiger partial charge on any atom is -0.512 e. The van der Waals surface area contributed by atoms with E-state index < -0.39 is 96.4 Å². The van der Waals surface area contributed by atoms with Gasteiger partial charge in [-0.05, 0) is 63.6 Å². The Labute approximate surface area is 268 Å². The van der Waals surface area contributed by atoms with Gasteiger partial charge in [0.05, 0.1) is 38.8 Å². The van der Waals surface area contributed by atoms with E-state index in [4.69, 9.17) is 4.74 Å². The van der Waals surface area contributed by atoms with Crippen LogP contribution in [0.5, 0.6) is 11.5 Å². The third kappa shape index (κ3) is 4.36. The van der Waals surface area contributed by atoms with E-state index in [-0.39, 0.29) is 48.9 Å². The Morgan fingerprint density at radius 1 is 0.896 bits per heavy atom. The number of ether oxygens (including phenoxy) is 1. The van der Waals surface area contributed by atoms with E-state index in [2.05, 4.69) is 0 Å². The van der Waals surface area contributed by atoms with Gasteiger partial charge in [-0.2, -0.15) is 0 Å². The first-order chi connectivity index (χ1) is 22.4. The monoisotopic (exact) mass is 652 g/mol. The minimum absolute atomic E-state index is 0.000613. The van der Waals surface area contributed by atoms with Crippen molar-refractivity contribution < 1.29 is 39.5 Å². The molecular formula is C36H28O12. The third-order valence-corrected chi connectivity index (χ3v) is 9.23. The molecule has 5 aliphatic rings. The van der Waals surface area contributed by atoms with Gasteiger partial charge in [-0.3, -0.25) is 33.6 Å². The molecule has 5 aliphatic carbocycles. The second kappa shape index (κ2) is 10.6. The summed E-state index contributed by atoms with van der Waals surface area (Å²) < 4.78 is 5.27. The number of hydrogen-bond donors (Lipinski definition) is 4. The van der Waals surface area contributed by atoms with Crippen molar-refractivity contribution in [2.45, 2.75) is 58.7 Å². The van der Waals surface area contributed by atoms with Crippen LogP contribution in [0, 0.1) is 27.8 Å². The predicted molar refractivity (Wildman–Crippen MR) is 170 cm³/mol. The van der Waals surface area contributed by atoms with Crippen molar-refractivity contribution in [2.75, 3.05) is 0 Å². The van der Waals surface area contributed by atoms with E-state index in [0.29, 0.717) is 0 Å². The molecule has 0 aromatic heterocycles. The molecule has 12 nitrogen and oxygen atoms in total. The molecule has 244 valence electrons. The van der Waals surface area contributed by atoms with Gasteiger partial charge in [0.25, 0.3) is 0 Å². The number of aryl methyl sites for hydroxylation is 1. The summed E-state index contributed by atoms with van der Waals surface area (Å²) in [5.41, 5.74) is -7.13. The number of aliphatic hydroxyl groups is 2. The fraction of sp³-hybridized carbons (Fsp3) is 0.250. The van der Waals surface area contributed by atoms with Crippen molar-refractivity contribution in [2.24, 2.45) is 0 Å². The van der Waals surface area contributed by atoms with Crippen molar-refractivity contribution in [1.29, 1.82) is 0 Å². The van der Waals surface area contributed by atoms with Crippen LogP contribution in [0.1, 0.15) is 77.4 Å². The van der Waals surface area contributed by atoms with E-state index in [1.807, 2.05) is 0 Å². The van der Waals surface area contributed by atoms with Crippen LogP contribution in [0.25, 0.3) is 17.4 Å². The lowest BCUT2D eigenvalue weighted by Crippen LogP contribution is -2.46. The summed E-state index contributed by atoms with van der Waals surface area (Å²) in [6, 6.07) is 3.36. The van der Waals surface area contributed by atoms with Gasteiger partial charge in [-0.1, -0.05) is 0 Å². The third-order valence-electron chi connectivity index (χ3n) is 9.23. The summed E-state index contributed by atoms with van der Waals surface area (Å²) in [5.74, 6) is -5.46. The van der Waals surface area contributed by atoms with Crippen molar-refractivity contribution >= 4 is 34.9 Å². The van der Waals surface area contributed by atoms with Crippen LogP contribution in [-0.4, -0.2) is 49.7 Å². The van der Waals surface area contributed by atoms with Gasteiger partial charge >= 0.3 is 5.97 Å². The van der Waals surface area contributed by atoms with Crippen LogP contribution in [0.3, 0.4) is 0 Å². The number of fused-ring (bicyclic) bond motifs is 2. The molecule has 1 aromatic carbocycles. The second-order valence-corrected chi connectivity index (χ2v) is 12.5. The Balaban J connectivity index is 1.68. The number of carbonyl (C=O) groups is 3. The first-order valence-corrected chi connectivity index (χ1v) is 14.9. The zero-order valence-corrected chi connectivity index (χ0v) is 26.3. The average molecular weight is 653 g/mol. The molecule has 0 bridgehead atoms. The maximum atomic E-state index is 14.0. The molecule has 0 unspecified atom stereocenters. The van der Waals surface area contributed by atoms with E-state index in [9.17, 15) is 54.0 Å². The van der Waals surface area contributed by atoms with E-state index in [0.717, 1.165) is 31.2 Å². The molecule has 0 amide bonds. The highest BCUT2D eigenvalue weighted by atomic mass is 16.5. The fourth-order valence-corrected chi connectivity index (χ4v) is 7.41. The molecule has 48 heavy (non-hydrogen) atoms. The smallest absolute Gasteiger partial charge is 0.302 e. The van der Waals surface area contributed by atoms with Crippen LogP contribution in [0.2, 0.25) is 0 Å². The van der Waals surface area contributed by atoms with E-state index in [1.54, 1.807) is 0 Å². The lowest BCUT2D eigenvalue weighted by Gasteiger charge is -2.41. The first kappa shape index (κ1) is 32.2. The number of phenolic OH excluding ortho intramolecular Hbond substituents is 2. The number of hydrogen-bond acceptors (Lipinski definition) is 12. The molecule has 6 rings (SSSR count). The molecule has 0 spiro atoms. The lowest BCUT2D eigenvalue weighted by molar-refractivity contribution is -0.150. The summed E-state index contributed by atoms with van der Waals surface area (Å²) in [6.07, 6.45) is 0.733. The summed E-state index contributed by atoms with van der Waals surface area (Å²) in [6.45, 7) is 6.68. The lowest BCUT2D eigenvalue weighted by atomic mass is 9.67. The highest BCUT2D eigenvalue weighted by Crippen LogP contribution is 2.52. The number of ketones is 2. The number of carbonyl (C=O) groups excluding carboxylic acids is 3. The molecule has 4 N–H and O–H groups in total. The number of aromatic hydroxyl groups is 2. The number of rotatable bonds is 2. The van der Waals surface area contributed by atoms with Crippen LogP contribution in [0.15, 0.2) is 43.5 Å². The van der Waals surface area contributed by atoms with Gasteiger partial charge in [0.2, 0.25) is 5.43 Å². The standard InChI is InChI=1S/C36H28O12/c1-12-10-20(39)25-27(22(12)13(2)37)32(43)18-8-6-16(30(41)23(18)34(25)45)17-7-9-19-24(31(17)42)35(46)26-21(40)11-36(5,47)29(28(26)33(19)44)14(3)48-15(4)38/h6-10,14,29,37,44,46-47H,11H2,1-5H3/t14-,29+,36-/m0/s1. The molecule has 0 heterocycles. The zero-order valence-electron chi connectivity index (χ0n) is 26.3. The van der Waals surface area contributed by atoms with Crippen LogP contribution in [0.4, 0.5) is 0 Å². The van der Waals surface area contributed by atoms with Crippen LogP contribution >= 0.6 is 0 Å². The summed E-state index contributed by atoms with van der Waals surface area (Å²) in [5, 5.41) is 42.1. The summed E-state index contributed by atoms with van der Waals surface area (Å²) >= 11 is 0. The van der Waals surface area contributed by atoms with Crippen LogP contribution in [-0.2, 0) is 9.53 Å². The quantitative estimate of drug-likeness (QED) is 0.170. The number of phenols is 2. The van der Waals surface area contributed by atoms with Crippen LogP contribution < -0.4 is 32.2 Å². The number of allylic oxidation sites excluding steroid dienone is 1. The number of Topliss-reactive ketones (excluding diaryl/α,β-unsaturated/α-hetero) is 2. The van der Waals surface area contributed by atoms with Crippen molar-refractivity contribution in [1.82, 2.24) is 0 Å². The van der Waals surface area contributed by atoms with E-state index in [1.165, 1.54) is 33.8 Å². The number of benzene rings is 1. The Morgan fingerprint density at radius 3 is 2.15 bits per heavy atom. The van der Waals surface area contributed by atoms with E-state index >= 15 is 0 Å². The SMILES string of the molecule is CC(=O)O[C@@H](C)[C@@H]1c2c(O)c3c(c(O)c2C(=O)C[C@]1(C)O)C(=O)C(=c1ccc2c(=O)c4c(=C(C)O)c(C)cc(=O)c=4c(=O)c=2c1=O)C=C3. The Bertz CT molecular complexity index is 2710. The van der Waals surface area contributed by atoms with Gasteiger partial charge in [-0.15, -0.1) is 0 Å². The second-order valence-electron chi connectivity index (χ2n) is 12.5. The Hall–Kier alpha value is -5.75. The molecule has 12 heteroatoms. The summed E-state index contributed by atoms with van der Waals surface area (Å²) in [7, 11) is 0. The number of esters is 1. The molecule has 3 atom stereocenters. The van der Waals surface area contributed by atoms with Gasteiger partial charge in [0.1, 0.15) is 17.6 Å². The van der Waals surface area contributed by atoms with Gasteiger partial charge in [0, 0.05) is 50.9 Å². The Morgan fingerprint density at radius 2 is 1.52 bits per heavy atom. The highest BCUT2D eigenvalue weighted by Gasteiger charge is 2.50. The highest BCUT2D eigenvalue weighted by molar-refractivity contribution is 6.32. The average Bonchev–Trinajstić information content (AvgIpc) is 2.96. The molecular weight excluding hydrogens is 624 g/mol. The largest absolute Gasteiger partial charge is 0.512 e. The zero-order chi connectivity index (χ0) is 35.3. The topological polar surface area (TPSA) is 210 Å². The van der Waals surface area contributed by atoms with Crippen molar-refractivity contribution in [3.63, 3.8) is 0 Å². The Kier molecular flexibility index (Phi) is 7.14. The molecule has 1 aromatic rings. The van der Waals surface area contributed by atoms with Gasteiger partial charge in [0.15, 0.2) is 27.9 Å². The molecule has 0 saturated heterocycles. The van der Waals surface area contributed by atoms with Gasteiger partial charge < -0.3 is 25.2 Å². The fourth-order valence-electron chi connectivity index (χ4n) is 7.41. The molecule has 0 aliphatic heterocycles. The molecule has 0 radical (unpaired) electrons. The first-order valence-electron chi connectivity index (χ1n) is 14.9. The predicted octanol–water partition coefficient (Wildman–Crippen LogP) is 0.291. The maximum Gasteiger partial charge on any atom is 0.302 e.